The van der Waals surface area contributed by atoms with E-state index in [1.165, 1.54) is 24.3 Å². The predicted octanol–water partition coefficient (Wildman–Crippen LogP) is 4.47. The molecular formula is C16H11FIN3O2. The van der Waals surface area contributed by atoms with Gasteiger partial charge in [-0.15, -0.1) is 10.2 Å². The Labute approximate surface area is 144 Å². The highest BCUT2D eigenvalue weighted by Crippen LogP contribution is 2.36. The Bertz CT molecular complexity index is 904. The molecule has 2 aromatic carbocycles. The Morgan fingerprint density at radius 1 is 1.22 bits per heavy atom. The first-order valence-electron chi connectivity index (χ1n) is 6.72. The SMILES string of the molecule is O=C(Cc1ccc(F)cc1)N=Nc1c(O)[nH]c2ccc(I)cc12. The minimum absolute atomic E-state index is 0.0183. The second-order valence-corrected chi connectivity index (χ2v) is 6.15. The summed E-state index contributed by atoms with van der Waals surface area (Å²) < 4.78 is 13.8. The molecular weight excluding hydrogens is 412 g/mol. The van der Waals surface area contributed by atoms with Gasteiger partial charge in [0, 0.05) is 8.96 Å². The maximum Gasteiger partial charge on any atom is 0.269 e. The number of aromatic nitrogens is 1. The summed E-state index contributed by atoms with van der Waals surface area (Å²) in [5.41, 5.74) is 1.59. The van der Waals surface area contributed by atoms with E-state index in [-0.39, 0.29) is 23.8 Å². The lowest BCUT2D eigenvalue weighted by atomic mass is 10.1. The Hall–Kier alpha value is -2.29. The van der Waals surface area contributed by atoms with Crippen LogP contribution in [-0.4, -0.2) is 16.0 Å². The summed E-state index contributed by atoms with van der Waals surface area (Å²) in [6, 6.07) is 11.2. The Morgan fingerprint density at radius 3 is 2.70 bits per heavy atom. The molecule has 0 atom stereocenters. The number of nitrogens with one attached hydrogen (secondary N) is 1. The molecule has 5 nitrogen and oxygen atoms in total. The molecule has 0 unspecified atom stereocenters. The molecule has 0 aliphatic carbocycles. The monoisotopic (exact) mass is 423 g/mol. The van der Waals surface area contributed by atoms with Crippen LogP contribution in [0.25, 0.3) is 10.9 Å². The minimum Gasteiger partial charge on any atom is -0.493 e. The molecule has 0 spiro atoms. The van der Waals surface area contributed by atoms with Gasteiger partial charge in [-0.2, -0.15) is 0 Å². The number of aromatic amines is 1. The van der Waals surface area contributed by atoms with Gasteiger partial charge in [0.25, 0.3) is 5.91 Å². The number of aromatic hydroxyl groups is 1. The number of azo groups is 1. The van der Waals surface area contributed by atoms with Gasteiger partial charge < -0.3 is 10.1 Å². The molecule has 0 saturated carbocycles. The van der Waals surface area contributed by atoms with Crippen LogP contribution in [0, 0.1) is 9.39 Å². The van der Waals surface area contributed by atoms with Crippen molar-refractivity contribution >= 4 is 45.1 Å². The number of hydrogen-bond donors (Lipinski definition) is 2. The lowest BCUT2D eigenvalue weighted by Crippen LogP contribution is -1.97. The van der Waals surface area contributed by atoms with E-state index in [9.17, 15) is 14.3 Å². The van der Waals surface area contributed by atoms with E-state index in [2.05, 4.69) is 37.8 Å². The molecule has 0 saturated heterocycles. The molecule has 1 aromatic heterocycles. The quantitative estimate of drug-likeness (QED) is 0.482. The molecule has 0 aliphatic heterocycles. The predicted molar refractivity (Wildman–Crippen MR) is 92.3 cm³/mol. The summed E-state index contributed by atoms with van der Waals surface area (Å²) in [5, 5.41) is 18.1. The number of benzene rings is 2. The standard InChI is InChI=1S/C16H11FIN3O2/c17-10-3-1-9(2-4-10)7-14(22)20-21-15-12-8-11(18)5-6-13(12)19-16(15)23/h1-6,8,19,23H,7H2. The lowest BCUT2D eigenvalue weighted by Gasteiger charge is -1.96. The molecule has 0 fully saturated rings. The van der Waals surface area contributed by atoms with E-state index in [1.807, 2.05) is 18.2 Å². The van der Waals surface area contributed by atoms with E-state index in [1.54, 1.807) is 0 Å². The number of hydrogen-bond acceptors (Lipinski definition) is 3. The maximum absolute atomic E-state index is 12.8. The van der Waals surface area contributed by atoms with Crippen molar-refractivity contribution in [2.45, 2.75) is 6.42 Å². The number of fused-ring (bicyclic) bond motifs is 1. The Kier molecular flexibility index (Phi) is 4.37. The second kappa shape index (κ2) is 6.45. The van der Waals surface area contributed by atoms with Crippen LogP contribution in [0.2, 0.25) is 0 Å². The Balaban J connectivity index is 1.82. The summed E-state index contributed by atoms with van der Waals surface area (Å²) >= 11 is 2.15. The first-order valence-corrected chi connectivity index (χ1v) is 7.80. The van der Waals surface area contributed by atoms with Gasteiger partial charge in [-0.05, 0) is 58.5 Å². The number of carbonyl (C=O) groups excluding carboxylic acids is 1. The summed E-state index contributed by atoms with van der Waals surface area (Å²) in [7, 11) is 0. The zero-order chi connectivity index (χ0) is 16.4. The van der Waals surface area contributed by atoms with Crippen LogP contribution in [0.4, 0.5) is 10.1 Å². The zero-order valence-corrected chi connectivity index (χ0v) is 13.9. The average Bonchev–Trinajstić information content (AvgIpc) is 2.82. The van der Waals surface area contributed by atoms with Crippen LogP contribution < -0.4 is 0 Å². The van der Waals surface area contributed by atoms with E-state index in [0.717, 1.165) is 3.57 Å². The third-order valence-electron chi connectivity index (χ3n) is 3.24. The molecule has 3 aromatic rings. The van der Waals surface area contributed by atoms with E-state index in [0.29, 0.717) is 16.5 Å². The van der Waals surface area contributed by atoms with Gasteiger partial charge in [0.15, 0.2) is 5.69 Å². The average molecular weight is 423 g/mol. The van der Waals surface area contributed by atoms with Crippen molar-refractivity contribution in [3.8, 4) is 5.88 Å². The number of carbonyl (C=O) groups is 1. The Morgan fingerprint density at radius 2 is 1.96 bits per heavy atom. The topological polar surface area (TPSA) is 77.8 Å². The highest BCUT2D eigenvalue weighted by molar-refractivity contribution is 14.1. The normalized spacial score (nSPS) is 11.4. The van der Waals surface area contributed by atoms with Crippen LogP contribution in [0.1, 0.15) is 5.56 Å². The van der Waals surface area contributed by atoms with E-state index in [4.69, 9.17) is 0 Å². The highest BCUT2D eigenvalue weighted by atomic mass is 127. The van der Waals surface area contributed by atoms with Gasteiger partial charge in [0.1, 0.15) is 5.82 Å². The summed E-state index contributed by atoms with van der Waals surface area (Å²) in [6.45, 7) is 0. The molecule has 3 rings (SSSR count). The number of halogens is 2. The smallest absolute Gasteiger partial charge is 0.269 e. The number of nitrogens with zero attached hydrogens (tertiary/aromatic N) is 2. The molecule has 1 heterocycles. The van der Waals surface area contributed by atoms with Crippen LogP contribution in [0.3, 0.4) is 0 Å². The summed E-state index contributed by atoms with van der Waals surface area (Å²) in [6.07, 6.45) is 0.0183. The van der Waals surface area contributed by atoms with Gasteiger partial charge in [0.05, 0.1) is 11.9 Å². The van der Waals surface area contributed by atoms with E-state index >= 15 is 0 Å². The van der Waals surface area contributed by atoms with E-state index < -0.39 is 5.91 Å². The van der Waals surface area contributed by atoms with Gasteiger partial charge in [-0.25, -0.2) is 4.39 Å². The van der Waals surface area contributed by atoms with Crippen LogP contribution in [0.5, 0.6) is 5.88 Å². The van der Waals surface area contributed by atoms with Crippen molar-refractivity contribution in [2.24, 2.45) is 10.2 Å². The summed E-state index contributed by atoms with van der Waals surface area (Å²) in [4.78, 5) is 14.6. The van der Waals surface area contributed by atoms with Crippen molar-refractivity contribution in [2.75, 3.05) is 0 Å². The molecule has 1 amide bonds. The molecule has 116 valence electrons. The maximum atomic E-state index is 12.8. The molecule has 0 bridgehead atoms. The highest BCUT2D eigenvalue weighted by Gasteiger charge is 2.11. The third kappa shape index (κ3) is 3.55. The van der Waals surface area contributed by atoms with Crippen molar-refractivity contribution in [1.82, 2.24) is 4.98 Å². The molecule has 0 radical (unpaired) electrons. The van der Waals surface area contributed by atoms with Crippen molar-refractivity contribution in [3.05, 3.63) is 57.4 Å². The molecule has 7 heteroatoms. The van der Waals surface area contributed by atoms with Crippen molar-refractivity contribution in [1.29, 1.82) is 0 Å². The number of amides is 1. The van der Waals surface area contributed by atoms with Gasteiger partial charge in [-0.3, -0.25) is 4.79 Å². The van der Waals surface area contributed by atoms with Crippen LogP contribution in [0.15, 0.2) is 52.7 Å². The number of rotatable bonds is 3. The van der Waals surface area contributed by atoms with Crippen molar-refractivity contribution in [3.63, 3.8) is 0 Å². The van der Waals surface area contributed by atoms with Gasteiger partial charge in [0.2, 0.25) is 5.88 Å². The first-order chi connectivity index (χ1) is 11.0. The van der Waals surface area contributed by atoms with Gasteiger partial charge in [-0.1, -0.05) is 12.1 Å². The minimum atomic E-state index is -0.476. The molecule has 2 N–H and O–H groups in total. The fourth-order valence-corrected chi connectivity index (χ4v) is 2.65. The molecule has 23 heavy (non-hydrogen) atoms. The largest absolute Gasteiger partial charge is 0.493 e. The van der Waals surface area contributed by atoms with Crippen molar-refractivity contribution < 1.29 is 14.3 Å². The van der Waals surface area contributed by atoms with Gasteiger partial charge >= 0.3 is 0 Å². The van der Waals surface area contributed by atoms with Crippen LogP contribution in [-0.2, 0) is 11.2 Å². The zero-order valence-electron chi connectivity index (χ0n) is 11.8. The lowest BCUT2D eigenvalue weighted by molar-refractivity contribution is -0.117. The fourth-order valence-electron chi connectivity index (χ4n) is 2.15. The first kappa shape index (κ1) is 15.6. The fraction of sp³-hybridized carbons (Fsp3) is 0.0625. The van der Waals surface area contributed by atoms with Crippen LogP contribution >= 0.6 is 22.6 Å². The molecule has 0 aliphatic rings. The summed E-state index contributed by atoms with van der Waals surface area (Å²) in [5.74, 6) is -0.975. The number of H-pyrrole nitrogens is 1. The third-order valence-corrected chi connectivity index (χ3v) is 3.92. The second-order valence-electron chi connectivity index (χ2n) is 4.91.